The van der Waals surface area contributed by atoms with Gasteiger partial charge in [-0.05, 0) is 37.5 Å². The Morgan fingerprint density at radius 2 is 2.12 bits per heavy atom. The Hall–Kier alpha value is -0.170. The summed E-state index contributed by atoms with van der Waals surface area (Å²) >= 11 is 0. The van der Waals surface area contributed by atoms with Crippen LogP contribution in [-0.4, -0.2) is 48.3 Å². The Morgan fingerprint density at radius 1 is 1.41 bits per heavy atom. The van der Waals surface area contributed by atoms with Gasteiger partial charge in [0.1, 0.15) is 0 Å². The molecular formula is C11H20N2O3S. The maximum Gasteiger partial charge on any atom is 0.218 e. The van der Waals surface area contributed by atoms with Crippen LogP contribution in [0.2, 0.25) is 0 Å². The van der Waals surface area contributed by atoms with Crippen LogP contribution < -0.4 is 5.73 Å². The third-order valence-electron chi connectivity index (χ3n) is 4.97. The molecule has 0 aromatic heterocycles. The summed E-state index contributed by atoms with van der Waals surface area (Å²) in [4.78, 5) is 0. The maximum atomic E-state index is 12.4. The molecule has 1 heterocycles. The SMILES string of the molecule is CC(CN)S(=O)(=O)N1CC2CC3CC2C1C3O. The molecule has 17 heavy (non-hydrogen) atoms. The number of aliphatic hydroxyl groups excluding tert-OH is 1. The van der Waals surface area contributed by atoms with Gasteiger partial charge in [-0.15, -0.1) is 0 Å². The summed E-state index contributed by atoms with van der Waals surface area (Å²) in [6, 6.07) is -0.169. The maximum absolute atomic E-state index is 12.4. The van der Waals surface area contributed by atoms with Crippen molar-refractivity contribution in [2.45, 2.75) is 37.2 Å². The molecule has 3 aliphatic rings. The molecular weight excluding hydrogens is 240 g/mol. The molecule has 3 N–H and O–H groups in total. The number of hydrogen-bond acceptors (Lipinski definition) is 4. The van der Waals surface area contributed by atoms with E-state index in [2.05, 4.69) is 0 Å². The summed E-state index contributed by atoms with van der Waals surface area (Å²) < 4.78 is 26.3. The number of nitrogens with two attached hydrogens (primary N) is 1. The second-order valence-electron chi connectivity index (χ2n) is 5.80. The van der Waals surface area contributed by atoms with Gasteiger partial charge in [-0.2, -0.15) is 4.31 Å². The fraction of sp³-hybridized carbons (Fsp3) is 1.00. The van der Waals surface area contributed by atoms with Gasteiger partial charge in [0, 0.05) is 13.1 Å². The van der Waals surface area contributed by atoms with Gasteiger partial charge in [-0.3, -0.25) is 0 Å². The summed E-state index contributed by atoms with van der Waals surface area (Å²) in [6.07, 6.45) is 1.53. The van der Waals surface area contributed by atoms with E-state index in [0.717, 1.165) is 12.8 Å². The second-order valence-corrected chi connectivity index (χ2v) is 8.10. The fourth-order valence-corrected chi connectivity index (χ4v) is 5.73. The first kappa shape index (κ1) is 11.9. The molecule has 0 spiro atoms. The minimum Gasteiger partial charge on any atom is -0.391 e. The first-order valence-corrected chi connectivity index (χ1v) is 7.86. The Labute approximate surface area is 102 Å². The monoisotopic (exact) mass is 260 g/mol. The lowest BCUT2D eigenvalue weighted by Gasteiger charge is -2.29. The molecule has 98 valence electrons. The van der Waals surface area contributed by atoms with Crippen LogP contribution in [0.5, 0.6) is 0 Å². The van der Waals surface area contributed by atoms with Crippen molar-refractivity contribution in [2.24, 2.45) is 23.5 Å². The van der Waals surface area contributed by atoms with Crippen LogP contribution in [0, 0.1) is 17.8 Å². The lowest BCUT2D eigenvalue weighted by atomic mass is 9.88. The van der Waals surface area contributed by atoms with Gasteiger partial charge in [0.25, 0.3) is 0 Å². The summed E-state index contributed by atoms with van der Waals surface area (Å²) in [5.74, 6) is 1.17. The van der Waals surface area contributed by atoms with Crippen molar-refractivity contribution in [3.05, 3.63) is 0 Å². The minimum absolute atomic E-state index is 0.139. The van der Waals surface area contributed by atoms with E-state index in [0.29, 0.717) is 24.3 Å². The number of nitrogens with zero attached hydrogens (tertiary/aromatic N) is 1. The molecule has 0 aromatic carbocycles. The normalized spacial score (nSPS) is 46.6. The minimum atomic E-state index is -3.33. The molecule has 1 aliphatic heterocycles. The quantitative estimate of drug-likeness (QED) is 0.707. The van der Waals surface area contributed by atoms with Gasteiger partial charge in [-0.25, -0.2) is 8.42 Å². The molecule has 1 saturated heterocycles. The second kappa shape index (κ2) is 3.66. The largest absolute Gasteiger partial charge is 0.391 e. The zero-order valence-electron chi connectivity index (χ0n) is 9.99. The molecule has 6 unspecified atom stereocenters. The van der Waals surface area contributed by atoms with Gasteiger partial charge in [0.05, 0.1) is 17.4 Å². The first-order valence-electron chi connectivity index (χ1n) is 6.35. The molecule has 3 rings (SSSR count). The van der Waals surface area contributed by atoms with Crippen LogP contribution in [0.25, 0.3) is 0 Å². The summed E-state index contributed by atoms with van der Waals surface area (Å²) in [6.45, 7) is 2.38. The van der Waals surface area contributed by atoms with Gasteiger partial charge in [0.15, 0.2) is 0 Å². The first-order chi connectivity index (χ1) is 7.96. The number of sulfonamides is 1. The number of aliphatic hydroxyl groups is 1. The highest BCUT2D eigenvalue weighted by Gasteiger charge is 2.61. The van der Waals surface area contributed by atoms with Crippen LogP contribution >= 0.6 is 0 Å². The highest BCUT2D eigenvalue weighted by molar-refractivity contribution is 7.89. The summed E-state index contributed by atoms with van der Waals surface area (Å²) in [7, 11) is -3.33. The molecule has 0 radical (unpaired) electrons. The summed E-state index contributed by atoms with van der Waals surface area (Å²) in [5.41, 5.74) is 5.47. The third kappa shape index (κ3) is 1.44. The molecule has 5 nitrogen and oxygen atoms in total. The van der Waals surface area contributed by atoms with Gasteiger partial charge >= 0.3 is 0 Å². The van der Waals surface area contributed by atoms with E-state index >= 15 is 0 Å². The van der Waals surface area contributed by atoms with Crippen molar-refractivity contribution in [3.8, 4) is 0 Å². The Bertz CT molecular complexity index is 422. The average Bonchev–Trinajstić information content (AvgIpc) is 2.87. The van der Waals surface area contributed by atoms with Crippen LogP contribution in [0.15, 0.2) is 0 Å². The van der Waals surface area contributed by atoms with Crippen molar-refractivity contribution >= 4 is 10.0 Å². The highest BCUT2D eigenvalue weighted by Crippen LogP contribution is 2.55. The number of fused-ring (bicyclic) bond motifs is 1. The smallest absolute Gasteiger partial charge is 0.218 e. The zero-order chi connectivity index (χ0) is 12.4. The van der Waals surface area contributed by atoms with E-state index in [1.165, 1.54) is 0 Å². The third-order valence-corrected chi connectivity index (χ3v) is 7.23. The van der Waals surface area contributed by atoms with Gasteiger partial charge < -0.3 is 10.8 Å². The van der Waals surface area contributed by atoms with Crippen LogP contribution in [0.3, 0.4) is 0 Å². The van der Waals surface area contributed by atoms with Crippen LogP contribution in [-0.2, 0) is 10.0 Å². The van der Waals surface area contributed by atoms with Gasteiger partial charge in [-0.1, -0.05) is 0 Å². The number of hydrogen-bond donors (Lipinski definition) is 2. The van der Waals surface area contributed by atoms with Crippen molar-refractivity contribution < 1.29 is 13.5 Å². The summed E-state index contributed by atoms with van der Waals surface area (Å²) in [5, 5.41) is 9.61. The number of rotatable bonds is 3. The van der Waals surface area contributed by atoms with Crippen molar-refractivity contribution in [2.75, 3.05) is 13.1 Å². The lowest BCUT2D eigenvalue weighted by molar-refractivity contribution is 0.0729. The molecule has 2 bridgehead atoms. The standard InChI is InChI=1S/C11H20N2O3S/c1-6(4-12)17(15,16)13-5-8-2-7-3-9(8)10(13)11(7)14/h6-11,14H,2-5,12H2,1H3. The Kier molecular flexibility index (Phi) is 2.56. The topological polar surface area (TPSA) is 83.6 Å². The van der Waals surface area contributed by atoms with E-state index in [1.807, 2.05) is 0 Å². The van der Waals surface area contributed by atoms with Crippen LogP contribution in [0.1, 0.15) is 19.8 Å². The van der Waals surface area contributed by atoms with Crippen molar-refractivity contribution in [3.63, 3.8) is 0 Å². The average molecular weight is 260 g/mol. The highest BCUT2D eigenvalue weighted by atomic mass is 32.2. The van der Waals surface area contributed by atoms with E-state index in [9.17, 15) is 13.5 Å². The predicted molar refractivity (Wildman–Crippen MR) is 63.6 cm³/mol. The molecule has 2 aliphatic carbocycles. The van der Waals surface area contributed by atoms with E-state index in [-0.39, 0.29) is 12.6 Å². The molecule has 2 saturated carbocycles. The Morgan fingerprint density at radius 3 is 2.71 bits per heavy atom. The van der Waals surface area contributed by atoms with Crippen molar-refractivity contribution in [1.82, 2.24) is 4.31 Å². The molecule has 0 amide bonds. The van der Waals surface area contributed by atoms with E-state index in [1.54, 1.807) is 11.2 Å². The van der Waals surface area contributed by atoms with E-state index < -0.39 is 21.4 Å². The fourth-order valence-electron chi connectivity index (χ4n) is 4.00. The Balaban J connectivity index is 1.92. The zero-order valence-corrected chi connectivity index (χ0v) is 10.8. The van der Waals surface area contributed by atoms with Crippen molar-refractivity contribution in [1.29, 1.82) is 0 Å². The lowest BCUT2D eigenvalue weighted by Crippen LogP contribution is -2.48. The molecule has 0 aromatic rings. The molecule has 6 atom stereocenters. The predicted octanol–water partition coefficient (Wildman–Crippen LogP) is -0.635. The molecule has 6 heteroatoms. The van der Waals surface area contributed by atoms with Crippen LogP contribution in [0.4, 0.5) is 0 Å². The van der Waals surface area contributed by atoms with Gasteiger partial charge in [0.2, 0.25) is 10.0 Å². The molecule has 3 fully saturated rings. The van der Waals surface area contributed by atoms with E-state index in [4.69, 9.17) is 5.73 Å².